The highest BCUT2D eigenvalue weighted by atomic mass is 16.5. The summed E-state index contributed by atoms with van der Waals surface area (Å²) in [5.74, 6) is 0.379. The maximum atomic E-state index is 11.3. The summed E-state index contributed by atoms with van der Waals surface area (Å²) < 4.78 is 5.29. The largest absolute Gasteiger partial charge is 0.458 e. The summed E-state index contributed by atoms with van der Waals surface area (Å²) in [7, 11) is 0. The summed E-state index contributed by atoms with van der Waals surface area (Å²) in [5, 5.41) is 0. The topological polar surface area (TPSA) is 29.5 Å². The molecule has 2 saturated heterocycles. The molecular weight excluding hydrogens is 202 g/mol. The molecule has 2 aliphatic heterocycles. The molecule has 0 amide bonds. The normalized spacial score (nSPS) is 39.5. The van der Waals surface area contributed by atoms with Crippen molar-refractivity contribution in [2.45, 2.75) is 44.2 Å². The fourth-order valence-electron chi connectivity index (χ4n) is 3.24. The zero-order valence-corrected chi connectivity index (χ0v) is 9.60. The van der Waals surface area contributed by atoms with Gasteiger partial charge in [-0.1, -0.05) is 18.9 Å². The van der Waals surface area contributed by atoms with Crippen LogP contribution in [0.25, 0.3) is 0 Å². The van der Waals surface area contributed by atoms with Crippen molar-refractivity contribution in [3.8, 4) is 0 Å². The van der Waals surface area contributed by atoms with Gasteiger partial charge in [-0.2, -0.15) is 0 Å². The van der Waals surface area contributed by atoms with E-state index in [2.05, 4.69) is 17.1 Å². The molecule has 0 aromatic rings. The molecule has 0 aromatic carbocycles. The van der Waals surface area contributed by atoms with Crippen molar-refractivity contribution in [3.05, 3.63) is 12.2 Å². The van der Waals surface area contributed by atoms with Crippen molar-refractivity contribution in [1.82, 2.24) is 4.90 Å². The van der Waals surface area contributed by atoms with Crippen LogP contribution in [0.4, 0.5) is 0 Å². The molecule has 0 bridgehead atoms. The first-order valence-electron chi connectivity index (χ1n) is 6.46. The molecule has 16 heavy (non-hydrogen) atoms. The van der Waals surface area contributed by atoms with Crippen LogP contribution in [0.2, 0.25) is 0 Å². The summed E-state index contributed by atoms with van der Waals surface area (Å²) in [4.78, 5) is 13.8. The minimum Gasteiger partial charge on any atom is -0.458 e. The zero-order chi connectivity index (χ0) is 11.0. The summed E-state index contributed by atoms with van der Waals surface area (Å²) in [6.45, 7) is 2.37. The van der Waals surface area contributed by atoms with E-state index in [0.29, 0.717) is 18.4 Å². The van der Waals surface area contributed by atoms with E-state index < -0.39 is 0 Å². The molecule has 2 fully saturated rings. The minimum atomic E-state index is -0.0147. The van der Waals surface area contributed by atoms with Crippen molar-refractivity contribution < 1.29 is 9.53 Å². The zero-order valence-electron chi connectivity index (χ0n) is 9.60. The van der Waals surface area contributed by atoms with E-state index >= 15 is 0 Å². The number of hydrogen-bond acceptors (Lipinski definition) is 3. The Kier molecular flexibility index (Phi) is 2.72. The molecule has 88 valence electrons. The number of carbonyl (C=O) groups excluding carboxylic acids is 1. The summed E-state index contributed by atoms with van der Waals surface area (Å²) in [6.07, 6.45) is 10.3. The van der Waals surface area contributed by atoms with Crippen LogP contribution < -0.4 is 0 Å². The van der Waals surface area contributed by atoms with Crippen LogP contribution in [-0.4, -0.2) is 36.1 Å². The summed E-state index contributed by atoms with van der Waals surface area (Å²) in [6, 6.07) is 0.453. The summed E-state index contributed by atoms with van der Waals surface area (Å²) >= 11 is 0. The lowest BCUT2D eigenvalue weighted by atomic mass is 9.97. The predicted octanol–water partition coefficient (Wildman–Crippen LogP) is 1.73. The van der Waals surface area contributed by atoms with E-state index in [0.717, 1.165) is 0 Å². The molecule has 3 nitrogen and oxygen atoms in total. The van der Waals surface area contributed by atoms with Crippen molar-refractivity contribution in [1.29, 1.82) is 0 Å². The fraction of sp³-hybridized carbons (Fsp3) is 0.769. The Morgan fingerprint density at radius 3 is 2.62 bits per heavy atom. The number of rotatable bonds is 1. The van der Waals surface area contributed by atoms with Gasteiger partial charge in [0.1, 0.15) is 6.10 Å². The van der Waals surface area contributed by atoms with Gasteiger partial charge >= 0.3 is 5.97 Å². The van der Waals surface area contributed by atoms with Crippen molar-refractivity contribution in [2.75, 3.05) is 13.1 Å². The second kappa shape index (κ2) is 4.21. The van der Waals surface area contributed by atoms with Gasteiger partial charge in [-0.3, -0.25) is 9.69 Å². The number of fused-ring (bicyclic) bond motifs is 1. The average Bonchev–Trinajstić information content (AvgIpc) is 2.68. The van der Waals surface area contributed by atoms with Gasteiger partial charge in [-0.05, 0) is 32.0 Å². The van der Waals surface area contributed by atoms with Crippen molar-refractivity contribution in [3.63, 3.8) is 0 Å². The van der Waals surface area contributed by atoms with Crippen LogP contribution >= 0.6 is 0 Å². The van der Waals surface area contributed by atoms with Crippen molar-refractivity contribution in [2.24, 2.45) is 5.92 Å². The first-order chi connectivity index (χ1) is 7.84. The Morgan fingerprint density at radius 2 is 1.88 bits per heavy atom. The van der Waals surface area contributed by atoms with Crippen LogP contribution in [0.3, 0.4) is 0 Å². The lowest BCUT2D eigenvalue weighted by Gasteiger charge is -2.29. The smallest absolute Gasteiger partial charge is 0.306 e. The molecule has 3 aliphatic rings. The second-order valence-electron chi connectivity index (χ2n) is 5.15. The Morgan fingerprint density at radius 1 is 1.12 bits per heavy atom. The third-order valence-electron chi connectivity index (χ3n) is 4.09. The highest BCUT2D eigenvalue weighted by Gasteiger charge is 2.43. The van der Waals surface area contributed by atoms with Gasteiger partial charge in [-0.15, -0.1) is 0 Å². The van der Waals surface area contributed by atoms with Gasteiger partial charge in [0.2, 0.25) is 0 Å². The Balaban J connectivity index is 1.70. The second-order valence-corrected chi connectivity index (χ2v) is 5.15. The Labute approximate surface area is 96.4 Å². The quantitative estimate of drug-likeness (QED) is 0.499. The molecule has 2 heterocycles. The Bertz CT molecular complexity index is 305. The molecule has 3 atom stereocenters. The number of esters is 1. The number of hydrogen-bond donors (Lipinski definition) is 0. The van der Waals surface area contributed by atoms with E-state index in [1.165, 1.54) is 38.8 Å². The molecular formula is C13H19NO2. The maximum absolute atomic E-state index is 11.3. The minimum absolute atomic E-state index is 0.0147. The molecule has 3 rings (SSSR count). The predicted molar refractivity (Wildman–Crippen MR) is 61.0 cm³/mol. The standard InChI is InChI=1S/C13H19NO2/c15-13-9-10-11(5-6-12(10)16-13)14-7-3-1-2-4-8-14/h5-6,10-12H,1-4,7-9H2. The third-order valence-corrected chi connectivity index (χ3v) is 4.09. The van der Waals surface area contributed by atoms with E-state index in [1.54, 1.807) is 0 Å². The Hall–Kier alpha value is -0.830. The van der Waals surface area contributed by atoms with Crippen LogP contribution in [0.15, 0.2) is 12.2 Å². The molecule has 0 aromatic heterocycles. The van der Waals surface area contributed by atoms with Crippen LogP contribution in [-0.2, 0) is 9.53 Å². The van der Waals surface area contributed by atoms with E-state index in [4.69, 9.17) is 4.74 Å². The molecule has 0 saturated carbocycles. The third kappa shape index (κ3) is 1.77. The van der Waals surface area contributed by atoms with Gasteiger partial charge in [0.15, 0.2) is 0 Å². The highest BCUT2D eigenvalue weighted by molar-refractivity contribution is 5.73. The van der Waals surface area contributed by atoms with Gasteiger partial charge in [-0.25, -0.2) is 0 Å². The van der Waals surface area contributed by atoms with E-state index in [9.17, 15) is 4.79 Å². The number of likely N-dealkylation sites (tertiary alicyclic amines) is 1. The first kappa shape index (κ1) is 10.3. The average molecular weight is 221 g/mol. The molecule has 0 radical (unpaired) electrons. The van der Waals surface area contributed by atoms with Gasteiger partial charge in [0.25, 0.3) is 0 Å². The monoisotopic (exact) mass is 221 g/mol. The lowest BCUT2D eigenvalue weighted by Crippen LogP contribution is -2.39. The van der Waals surface area contributed by atoms with E-state index in [-0.39, 0.29) is 12.1 Å². The molecule has 0 spiro atoms. The number of carbonyl (C=O) groups is 1. The number of ether oxygens (including phenoxy) is 1. The SMILES string of the molecule is O=C1CC2C(C=CC2N2CCCCCC2)O1. The van der Waals surface area contributed by atoms with E-state index in [1.807, 2.05) is 0 Å². The molecule has 1 aliphatic carbocycles. The lowest BCUT2D eigenvalue weighted by molar-refractivity contribution is -0.140. The van der Waals surface area contributed by atoms with Crippen LogP contribution in [0, 0.1) is 5.92 Å². The summed E-state index contributed by atoms with van der Waals surface area (Å²) in [5.41, 5.74) is 0. The maximum Gasteiger partial charge on any atom is 0.306 e. The van der Waals surface area contributed by atoms with Crippen molar-refractivity contribution >= 4 is 5.97 Å². The fourth-order valence-corrected chi connectivity index (χ4v) is 3.24. The van der Waals surface area contributed by atoms with Crippen LogP contribution in [0.1, 0.15) is 32.1 Å². The van der Waals surface area contributed by atoms with Gasteiger partial charge < -0.3 is 4.74 Å². The van der Waals surface area contributed by atoms with Gasteiger partial charge in [0, 0.05) is 12.0 Å². The molecule has 0 N–H and O–H groups in total. The van der Waals surface area contributed by atoms with Crippen LogP contribution in [0.5, 0.6) is 0 Å². The van der Waals surface area contributed by atoms with Gasteiger partial charge in [0.05, 0.1) is 6.42 Å². The first-order valence-corrected chi connectivity index (χ1v) is 6.46. The molecule has 3 heteroatoms. The molecule has 3 unspecified atom stereocenters. The highest BCUT2D eigenvalue weighted by Crippen LogP contribution is 2.35. The number of nitrogens with zero attached hydrogens (tertiary/aromatic N) is 1.